The van der Waals surface area contributed by atoms with Crippen molar-refractivity contribution in [2.45, 2.75) is 32.9 Å². The second kappa shape index (κ2) is 9.87. The molecule has 4 nitrogen and oxygen atoms in total. The first-order valence-electron chi connectivity index (χ1n) is 9.72. The number of halogens is 6. The van der Waals surface area contributed by atoms with Crippen molar-refractivity contribution in [3.63, 3.8) is 0 Å². The summed E-state index contributed by atoms with van der Waals surface area (Å²) in [6.07, 6.45) is -2.28. The summed E-state index contributed by atoms with van der Waals surface area (Å²) in [7, 11) is 0. The Kier molecular flexibility index (Phi) is 7.55. The van der Waals surface area contributed by atoms with Crippen LogP contribution in [0.2, 0.25) is 10.0 Å². The van der Waals surface area contributed by atoms with Gasteiger partial charge in [0.15, 0.2) is 11.5 Å². The van der Waals surface area contributed by atoms with Crippen LogP contribution in [0.4, 0.5) is 22.7 Å². The summed E-state index contributed by atoms with van der Waals surface area (Å²) >= 11 is 11.9. The van der Waals surface area contributed by atoms with Gasteiger partial charge in [0.05, 0.1) is 16.1 Å². The van der Waals surface area contributed by atoms with Gasteiger partial charge < -0.3 is 5.32 Å². The second-order valence-corrected chi connectivity index (χ2v) is 9.34. The molecule has 33 heavy (non-hydrogen) atoms. The van der Waals surface area contributed by atoms with Crippen molar-refractivity contribution in [2.24, 2.45) is 5.92 Å². The third-order valence-electron chi connectivity index (χ3n) is 4.98. The van der Waals surface area contributed by atoms with Gasteiger partial charge in [-0.25, -0.2) is 0 Å². The lowest BCUT2D eigenvalue weighted by Crippen LogP contribution is -2.19. The molecular weight excluding hydrogens is 503 g/mol. The van der Waals surface area contributed by atoms with Crippen molar-refractivity contribution < 1.29 is 27.2 Å². The topological polar surface area (TPSA) is 51.1 Å². The Balaban J connectivity index is 0.000000231. The van der Waals surface area contributed by atoms with Crippen molar-refractivity contribution in [2.75, 3.05) is 5.32 Å². The molecule has 4 rings (SSSR count). The number of rotatable bonds is 3. The maximum absolute atomic E-state index is 13.0. The summed E-state index contributed by atoms with van der Waals surface area (Å²) in [4.78, 5) is 23.1. The van der Waals surface area contributed by atoms with Crippen LogP contribution in [0.15, 0.2) is 36.4 Å². The molecule has 1 heterocycles. The highest BCUT2D eigenvalue weighted by atomic mass is 35.5. The van der Waals surface area contributed by atoms with E-state index in [1.54, 1.807) is 0 Å². The van der Waals surface area contributed by atoms with Gasteiger partial charge in [-0.1, -0.05) is 46.7 Å². The average Bonchev–Trinajstić information content (AvgIpc) is 3.05. The van der Waals surface area contributed by atoms with Crippen molar-refractivity contribution in [3.8, 4) is 0 Å². The zero-order chi connectivity index (χ0) is 24.5. The number of ketones is 1. The predicted molar refractivity (Wildman–Crippen MR) is 121 cm³/mol. The van der Waals surface area contributed by atoms with E-state index in [4.69, 9.17) is 23.2 Å². The van der Waals surface area contributed by atoms with Gasteiger partial charge in [-0.05, 0) is 65.7 Å². The highest BCUT2D eigenvalue weighted by Crippen LogP contribution is 2.37. The largest absolute Gasteiger partial charge is 0.417 e. The van der Waals surface area contributed by atoms with Crippen LogP contribution < -0.4 is 5.32 Å². The molecular formula is C22H18Cl2F4N2O2S. The molecule has 1 N–H and O–H groups in total. The van der Waals surface area contributed by atoms with Gasteiger partial charge in [-0.3, -0.25) is 9.59 Å². The zero-order valence-electron chi connectivity index (χ0n) is 17.4. The Hall–Kier alpha value is -2.36. The number of aromatic nitrogens is 1. The van der Waals surface area contributed by atoms with Gasteiger partial charge >= 0.3 is 6.18 Å². The van der Waals surface area contributed by atoms with Crippen LogP contribution in [-0.2, 0) is 19.0 Å². The standard InChI is InChI=1S/C12H7ClF4N2O2S.C10H11Cl/c1-5(20)9-11(22-19(9)17)18-10(21)6-3-2-4-7(8(6)13)12(14,15)16;1-7-4-8-2-3-10(11)6-9(8)5-7/h2-4H,1H3,(H,18,21);2-3,6-7H,4-5H2,1H3. The van der Waals surface area contributed by atoms with Gasteiger partial charge in [0.1, 0.15) is 5.00 Å². The van der Waals surface area contributed by atoms with E-state index in [-0.39, 0.29) is 14.9 Å². The van der Waals surface area contributed by atoms with Crippen molar-refractivity contribution in [1.29, 1.82) is 0 Å². The number of Topliss-reactive ketones (excluding diaryl/α,β-unsaturated/α-hetero) is 1. The highest BCUT2D eigenvalue weighted by Gasteiger charge is 2.35. The number of amides is 1. The third-order valence-corrected chi connectivity index (χ3v) is 6.44. The fourth-order valence-corrected chi connectivity index (χ4v) is 4.78. The number of hydrogen-bond donors (Lipinski definition) is 1. The molecule has 1 amide bonds. The first kappa shape index (κ1) is 25.3. The van der Waals surface area contributed by atoms with Gasteiger partial charge in [0.25, 0.3) is 5.91 Å². The molecule has 0 aliphatic heterocycles. The van der Waals surface area contributed by atoms with Gasteiger partial charge in [0.2, 0.25) is 0 Å². The number of benzene rings is 2. The van der Waals surface area contributed by atoms with E-state index in [2.05, 4.69) is 24.4 Å². The van der Waals surface area contributed by atoms with Crippen LogP contribution in [0, 0.1) is 5.92 Å². The third kappa shape index (κ3) is 5.77. The van der Waals surface area contributed by atoms with Crippen molar-refractivity contribution in [1.82, 2.24) is 4.18 Å². The first-order chi connectivity index (χ1) is 15.4. The number of carbonyl (C=O) groups is 2. The van der Waals surface area contributed by atoms with Crippen LogP contribution in [0.1, 0.15) is 51.4 Å². The average molecular weight is 521 g/mol. The molecule has 1 aliphatic rings. The molecule has 3 aromatic rings. The zero-order valence-corrected chi connectivity index (χ0v) is 19.7. The van der Waals surface area contributed by atoms with E-state index in [0.717, 1.165) is 36.1 Å². The molecule has 1 atom stereocenters. The Morgan fingerprint density at radius 2 is 1.79 bits per heavy atom. The van der Waals surface area contributed by atoms with E-state index in [1.807, 2.05) is 6.07 Å². The number of hydrogen-bond acceptors (Lipinski definition) is 3. The van der Waals surface area contributed by atoms with Crippen LogP contribution in [0.25, 0.3) is 0 Å². The summed E-state index contributed by atoms with van der Waals surface area (Å²) in [5.41, 5.74) is 0.981. The van der Waals surface area contributed by atoms with Crippen molar-refractivity contribution >= 4 is 51.4 Å². The molecule has 1 unspecified atom stereocenters. The number of carbonyl (C=O) groups excluding carboxylic acids is 2. The summed E-state index contributed by atoms with van der Waals surface area (Å²) in [5, 5.41) is 2.18. The Bertz CT molecular complexity index is 1200. The van der Waals surface area contributed by atoms with Crippen LogP contribution in [0.3, 0.4) is 0 Å². The van der Waals surface area contributed by atoms with E-state index < -0.39 is 34.0 Å². The lowest BCUT2D eigenvalue weighted by atomic mass is 10.1. The maximum atomic E-state index is 13.0. The minimum atomic E-state index is -4.71. The molecule has 1 aromatic heterocycles. The fraction of sp³-hybridized carbons (Fsp3) is 0.273. The van der Waals surface area contributed by atoms with Crippen LogP contribution >= 0.6 is 34.7 Å². The molecule has 0 bridgehead atoms. The number of nitrogens with one attached hydrogen (secondary N) is 1. The normalized spacial score (nSPS) is 15.0. The minimum Gasteiger partial charge on any atom is -0.310 e. The van der Waals surface area contributed by atoms with E-state index in [0.29, 0.717) is 11.5 Å². The monoisotopic (exact) mass is 520 g/mol. The first-order valence-corrected chi connectivity index (χ1v) is 11.2. The highest BCUT2D eigenvalue weighted by molar-refractivity contribution is 7.13. The predicted octanol–water partition coefficient (Wildman–Crippen LogP) is 7.48. The lowest BCUT2D eigenvalue weighted by molar-refractivity contribution is -0.137. The summed E-state index contributed by atoms with van der Waals surface area (Å²) in [6, 6.07) is 9.09. The van der Waals surface area contributed by atoms with Crippen LogP contribution in [0.5, 0.6) is 0 Å². The Labute approximate surface area is 201 Å². The molecule has 2 aromatic carbocycles. The number of alkyl halides is 3. The fourth-order valence-electron chi connectivity index (χ4n) is 3.48. The molecule has 0 saturated carbocycles. The minimum absolute atomic E-state index is 0.0473. The van der Waals surface area contributed by atoms with Crippen LogP contribution in [-0.4, -0.2) is 15.9 Å². The SMILES string of the molecule is CC(=O)c1c(NC(=O)c2cccc(C(F)(F)F)c2Cl)sn1F.CC1Cc2ccc(Cl)cc2C1. The molecule has 0 radical (unpaired) electrons. The molecule has 176 valence electrons. The summed E-state index contributed by atoms with van der Waals surface area (Å²) in [6.45, 7) is 3.37. The molecule has 1 aliphatic carbocycles. The molecule has 0 spiro atoms. The maximum Gasteiger partial charge on any atom is 0.417 e. The smallest absolute Gasteiger partial charge is 0.310 e. The van der Waals surface area contributed by atoms with E-state index >= 15 is 0 Å². The summed E-state index contributed by atoms with van der Waals surface area (Å²) in [5.74, 6) is -0.791. The molecule has 0 saturated heterocycles. The van der Waals surface area contributed by atoms with Crippen molar-refractivity contribution in [3.05, 3.63) is 74.4 Å². The van der Waals surface area contributed by atoms with E-state index in [1.165, 1.54) is 24.0 Å². The van der Waals surface area contributed by atoms with Gasteiger partial charge in [0, 0.05) is 11.9 Å². The molecule has 11 heteroatoms. The number of fused-ring (bicyclic) bond motifs is 1. The van der Waals surface area contributed by atoms with E-state index in [9.17, 15) is 27.2 Å². The second-order valence-electron chi connectivity index (χ2n) is 7.62. The summed E-state index contributed by atoms with van der Waals surface area (Å²) < 4.78 is 51.2. The lowest BCUT2D eigenvalue weighted by Gasteiger charge is -2.15. The quantitative estimate of drug-likeness (QED) is 0.287. The Morgan fingerprint density at radius 1 is 1.12 bits per heavy atom. The van der Waals surface area contributed by atoms with Gasteiger partial charge in [-0.2, -0.15) is 13.2 Å². The Morgan fingerprint density at radius 3 is 2.39 bits per heavy atom. The number of nitrogens with zero attached hydrogens (tertiary/aromatic N) is 1. The van der Waals surface area contributed by atoms with Gasteiger partial charge in [-0.15, -0.1) is 4.18 Å². The number of anilines is 1. The molecule has 0 fully saturated rings.